The molecule has 6 nitrogen and oxygen atoms in total. The van der Waals surface area contributed by atoms with Crippen LogP contribution in [0.1, 0.15) is 26.2 Å². The Morgan fingerprint density at radius 3 is 2.73 bits per heavy atom. The molecule has 1 N–H and O–H groups in total. The minimum atomic E-state index is -0.609. The summed E-state index contributed by atoms with van der Waals surface area (Å²) < 4.78 is 8.01. The highest BCUT2D eigenvalue weighted by molar-refractivity contribution is 9.10. The van der Waals surface area contributed by atoms with Crippen molar-refractivity contribution >= 4 is 61.6 Å². The number of carbonyl (C=O) groups is 1. The Labute approximate surface area is 192 Å². The number of ether oxygens (including phenoxy) is 1. The molecule has 1 heterocycles. The number of nitrogens with zero attached hydrogens (tertiary/aromatic N) is 3. The minimum Gasteiger partial charge on any atom is -0.493 e. The lowest BCUT2D eigenvalue weighted by atomic mass is 10.2. The summed E-state index contributed by atoms with van der Waals surface area (Å²) in [6, 6.07) is 10.3. The average molecular weight is 513 g/mol. The molecule has 0 saturated heterocycles. The number of hydrogen-bond donors (Lipinski definition) is 1. The summed E-state index contributed by atoms with van der Waals surface area (Å²) in [5.74, 6) is -0.302. The predicted molar refractivity (Wildman–Crippen MR) is 122 cm³/mol. The van der Waals surface area contributed by atoms with Crippen LogP contribution in [0.3, 0.4) is 0 Å². The van der Waals surface area contributed by atoms with Crippen molar-refractivity contribution in [2.24, 2.45) is 10.2 Å². The molecule has 158 valence electrons. The average Bonchev–Trinajstić information content (AvgIpc) is 2.96. The van der Waals surface area contributed by atoms with Crippen molar-refractivity contribution in [3.05, 3.63) is 50.9 Å². The molecule has 0 aliphatic carbocycles. The lowest BCUT2D eigenvalue weighted by Gasteiger charge is -2.06. The van der Waals surface area contributed by atoms with E-state index in [9.17, 15) is 9.90 Å². The number of azo groups is 1. The van der Waals surface area contributed by atoms with Gasteiger partial charge in [0.1, 0.15) is 5.75 Å². The second-order valence-electron chi connectivity index (χ2n) is 6.65. The molecule has 0 fully saturated rings. The Bertz CT molecular complexity index is 1100. The van der Waals surface area contributed by atoms with Gasteiger partial charge in [-0.05, 0) is 42.8 Å². The second kappa shape index (κ2) is 10.3. The number of fused-ring (bicyclic) bond motifs is 1. The number of halogens is 3. The highest BCUT2D eigenvalue weighted by Gasteiger charge is 2.17. The van der Waals surface area contributed by atoms with E-state index in [-0.39, 0.29) is 18.2 Å². The number of benzene rings is 2. The lowest BCUT2D eigenvalue weighted by Crippen LogP contribution is -2.08. The van der Waals surface area contributed by atoms with E-state index in [1.165, 1.54) is 6.07 Å². The molecule has 0 spiro atoms. The normalized spacial score (nSPS) is 11.5. The third-order valence-electron chi connectivity index (χ3n) is 4.46. The highest BCUT2D eigenvalue weighted by Crippen LogP contribution is 2.40. The van der Waals surface area contributed by atoms with Gasteiger partial charge in [0.15, 0.2) is 12.3 Å². The van der Waals surface area contributed by atoms with E-state index in [2.05, 4.69) is 33.1 Å². The van der Waals surface area contributed by atoms with E-state index in [4.69, 9.17) is 27.9 Å². The van der Waals surface area contributed by atoms with Gasteiger partial charge in [-0.15, -0.1) is 10.2 Å². The summed E-state index contributed by atoms with van der Waals surface area (Å²) in [5.41, 5.74) is 1.08. The van der Waals surface area contributed by atoms with Crippen molar-refractivity contribution in [2.45, 2.75) is 32.7 Å². The molecule has 0 radical (unpaired) electrons. The number of amides is 1. The molecule has 2 aromatic carbocycles. The smallest absolute Gasteiger partial charge is 0.302 e. The van der Waals surface area contributed by atoms with Crippen molar-refractivity contribution < 1.29 is 14.6 Å². The van der Waals surface area contributed by atoms with Crippen LogP contribution in [0.4, 0.5) is 5.69 Å². The first-order valence-electron chi connectivity index (χ1n) is 9.43. The van der Waals surface area contributed by atoms with E-state index in [0.29, 0.717) is 27.7 Å². The number of aromatic nitrogens is 1. The lowest BCUT2D eigenvalue weighted by molar-refractivity contribution is -0.120. The van der Waals surface area contributed by atoms with Crippen LogP contribution in [0.2, 0.25) is 10.0 Å². The topological polar surface area (TPSA) is 76.2 Å². The van der Waals surface area contributed by atoms with Crippen LogP contribution in [0.25, 0.3) is 10.9 Å². The van der Waals surface area contributed by atoms with Gasteiger partial charge in [0.2, 0.25) is 5.88 Å². The Hall–Kier alpha value is -2.09. The van der Waals surface area contributed by atoms with Crippen LogP contribution in [0.15, 0.2) is 51.1 Å². The molecule has 0 aliphatic heterocycles. The third-order valence-corrected chi connectivity index (χ3v) is 5.49. The summed E-state index contributed by atoms with van der Waals surface area (Å²) in [5, 5.41) is 19.9. The molecule has 9 heteroatoms. The SMILES string of the molecule is CCCCCn1c(O)c(N=NC(=O)COc2ccc(Cl)cc2Cl)c2cc(Br)ccc21. The zero-order valence-electron chi connectivity index (χ0n) is 16.2. The van der Waals surface area contributed by atoms with E-state index < -0.39 is 5.91 Å². The molecule has 3 rings (SSSR count). The number of hydrogen-bond acceptors (Lipinski definition) is 4. The molecule has 0 atom stereocenters. The minimum absolute atomic E-state index is 0.0163. The Morgan fingerprint density at radius 2 is 2.00 bits per heavy atom. The maximum atomic E-state index is 12.1. The van der Waals surface area contributed by atoms with Crippen LogP contribution in [0.5, 0.6) is 11.6 Å². The van der Waals surface area contributed by atoms with Gasteiger partial charge in [0.25, 0.3) is 0 Å². The van der Waals surface area contributed by atoms with Gasteiger partial charge in [-0.25, -0.2) is 0 Å². The van der Waals surface area contributed by atoms with Gasteiger partial charge in [0, 0.05) is 21.4 Å². The Balaban J connectivity index is 1.79. The fourth-order valence-electron chi connectivity index (χ4n) is 3.01. The quantitative estimate of drug-likeness (QED) is 0.254. The zero-order valence-corrected chi connectivity index (χ0v) is 19.3. The van der Waals surface area contributed by atoms with E-state index in [1.807, 2.05) is 18.2 Å². The molecular formula is C21H20BrCl2N3O3. The van der Waals surface area contributed by atoms with Gasteiger partial charge in [-0.2, -0.15) is 0 Å². The standard InChI is InChI=1S/C21H20BrCl2N3O3/c1-2-3-4-9-27-17-7-5-13(22)10-15(17)20(21(27)29)26-25-19(28)12-30-18-8-6-14(23)11-16(18)24/h5-8,10-11,29H,2-4,9,12H2,1H3. The van der Waals surface area contributed by atoms with Gasteiger partial charge in [0.05, 0.1) is 10.5 Å². The van der Waals surface area contributed by atoms with E-state index >= 15 is 0 Å². The zero-order chi connectivity index (χ0) is 21.7. The van der Waals surface area contributed by atoms with Crippen LogP contribution >= 0.6 is 39.1 Å². The largest absolute Gasteiger partial charge is 0.493 e. The maximum absolute atomic E-state index is 12.1. The Morgan fingerprint density at radius 1 is 1.20 bits per heavy atom. The van der Waals surface area contributed by atoms with Crippen molar-refractivity contribution in [3.63, 3.8) is 0 Å². The molecule has 0 unspecified atom stereocenters. The number of aromatic hydroxyl groups is 1. The first-order valence-corrected chi connectivity index (χ1v) is 11.0. The summed E-state index contributed by atoms with van der Waals surface area (Å²) in [7, 11) is 0. The predicted octanol–water partition coefficient (Wildman–Crippen LogP) is 7.30. The van der Waals surface area contributed by atoms with Crippen molar-refractivity contribution in [1.82, 2.24) is 4.57 Å². The Kier molecular flexibility index (Phi) is 7.75. The first kappa shape index (κ1) is 22.6. The third kappa shape index (κ3) is 5.33. The maximum Gasteiger partial charge on any atom is 0.302 e. The molecule has 30 heavy (non-hydrogen) atoms. The molecule has 0 saturated carbocycles. The molecule has 0 bridgehead atoms. The number of unbranched alkanes of at least 4 members (excludes halogenated alkanes) is 2. The highest BCUT2D eigenvalue weighted by atomic mass is 79.9. The van der Waals surface area contributed by atoms with Crippen molar-refractivity contribution in [1.29, 1.82) is 0 Å². The van der Waals surface area contributed by atoms with Crippen molar-refractivity contribution in [3.8, 4) is 11.6 Å². The molecule has 3 aromatic rings. The summed E-state index contributed by atoms with van der Waals surface area (Å²) in [6.45, 7) is 2.43. The fraction of sp³-hybridized carbons (Fsp3) is 0.286. The van der Waals surface area contributed by atoms with Gasteiger partial charge in [-0.1, -0.05) is 58.9 Å². The number of rotatable bonds is 8. The fourth-order valence-corrected chi connectivity index (χ4v) is 3.83. The summed E-state index contributed by atoms with van der Waals surface area (Å²) in [6.07, 6.45) is 3.05. The van der Waals surface area contributed by atoms with Gasteiger partial charge in [-0.3, -0.25) is 4.79 Å². The van der Waals surface area contributed by atoms with Crippen LogP contribution in [-0.2, 0) is 11.3 Å². The van der Waals surface area contributed by atoms with E-state index in [1.54, 1.807) is 16.7 Å². The van der Waals surface area contributed by atoms with Gasteiger partial charge < -0.3 is 14.4 Å². The number of aryl methyl sites for hydroxylation is 1. The molecular weight excluding hydrogens is 493 g/mol. The van der Waals surface area contributed by atoms with Crippen LogP contribution in [0, 0.1) is 0 Å². The number of carbonyl (C=O) groups excluding carboxylic acids is 1. The molecule has 0 aliphatic rings. The summed E-state index contributed by atoms with van der Waals surface area (Å²) >= 11 is 15.3. The molecule has 1 aromatic heterocycles. The summed E-state index contributed by atoms with van der Waals surface area (Å²) in [4.78, 5) is 12.1. The monoisotopic (exact) mass is 511 g/mol. The van der Waals surface area contributed by atoms with Crippen molar-refractivity contribution in [2.75, 3.05) is 6.61 Å². The molecule has 1 amide bonds. The van der Waals surface area contributed by atoms with Crippen LogP contribution < -0.4 is 4.74 Å². The second-order valence-corrected chi connectivity index (χ2v) is 8.41. The van der Waals surface area contributed by atoms with Crippen LogP contribution in [-0.4, -0.2) is 22.2 Å². The first-order chi connectivity index (χ1) is 14.4. The van der Waals surface area contributed by atoms with Gasteiger partial charge >= 0.3 is 5.91 Å². The van der Waals surface area contributed by atoms with E-state index in [0.717, 1.165) is 29.3 Å².